The summed E-state index contributed by atoms with van der Waals surface area (Å²) in [4.78, 5) is 34.7. The fourth-order valence-electron chi connectivity index (χ4n) is 6.54. The van der Waals surface area contributed by atoms with E-state index in [2.05, 4.69) is 57.4 Å². The summed E-state index contributed by atoms with van der Waals surface area (Å²) >= 11 is 6.69. The molecule has 3 aromatic rings. The van der Waals surface area contributed by atoms with Gasteiger partial charge in [0.05, 0.1) is 17.3 Å². The maximum absolute atomic E-state index is 12.5. The molecule has 0 saturated carbocycles. The summed E-state index contributed by atoms with van der Waals surface area (Å²) in [5.74, 6) is 0.716. The number of halogens is 1. The maximum Gasteiger partial charge on any atom is 0.318 e. The molecule has 2 saturated heterocycles. The number of ether oxygens (including phenoxy) is 1. The maximum atomic E-state index is 12.5. The number of benzene rings is 2. The van der Waals surface area contributed by atoms with Crippen LogP contribution in [0.1, 0.15) is 24.1 Å². The monoisotopic (exact) mass is 619 g/mol. The highest BCUT2D eigenvalue weighted by Gasteiger charge is 2.35. The summed E-state index contributed by atoms with van der Waals surface area (Å²) in [6.45, 7) is 16.0. The van der Waals surface area contributed by atoms with Crippen LogP contribution in [0, 0.1) is 6.57 Å². The quantitative estimate of drug-likeness (QED) is 0.284. The van der Waals surface area contributed by atoms with Crippen molar-refractivity contribution >= 4 is 53.3 Å². The number of anilines is 2. The summed E-state index contributed by atoms with van der Waals surface area (Å²) < 4.78 is 6.28. The minimum Gasteiger partial charge on any atom is -0.462 e. The Labute approximate surface area is 265 Å². The molecule has 0 N–H and O–H groups in total. The number of carbonyl (C=O) groups excluding carboxylic acids is 1. The molecular formula is C32H38ClN7O2S. The van der Waals surface area contributed by atoms with E-state index in [9.17, 15) is 4.79 Å². The van der Waals surface area contributed by atoms with E-state index in [1.807, 2.05) is 12.1 Å². The van der Waals surface area contributed by atoms with Crippen LogP contribution in [0.3, 0.4) is 0 Å². The second-order valence-corrected chi connectivity index (χ2v) is 11.7. The first-order chi connectivity index (χ1) is 20.5. The predicted molar refractivity (Wildman–Crippen MR) is 177 cm³/mol. The van der Waals surface area contributed by atoms with Crippen LogP contribution < -0.4 is 14.5 Å². The van der Waals surface area contributed by atoms with Crippen LogP contribution in [0.4, 0.5) is 11.5 Å². The predicted octanol–water partition coefficient (Wildman–Crippen LogP) is 4.55. The van der Waals surface area contributed by atoms with Crippen molar-refractivity contribution in [2.45, 2.75) is 37.9 Å². The Morgan fingerprint density at radius 1 is 1.14 bits per heavy atom. The topological polar surface area (TPSA) is 69.4 Å². The number of aromatic nitrogens is 2. The van der Waals surface area contributed by atoms with E-state index in [1.165, 1.54) is 12.5 Å². The SMILES string of the molecule is S.[C-]#[N+]CC1CN(c2nc(OC[C@@H]3CCCN3C)nc3c2CCN(c2cccc4cccc(Cl)c24)C3)CCN1C(=O)C=C. The molecule has 0 radical (unpaired) electrons. The van der Waals surface area contributed by atoms with Crippen LogP contribution in [0.5, 0.6) is 6.01 Å². The van der Waals surface area contributed by atoms with Crippen molar-refractivity contribution in [2.24, 2.45) is 0 Å². The normalized spacial score (nSPS) is 20.3. The zero-order valence-electron chi connectivity index (χ0n) is 24.5. The van der Waals surface area contributed by atoms with Crippen molar-refractivity contribution in [3.05, 3.63) is 76.8 Å². The molecular weight excluding hydrogens is 582 g/mol. The fourth-order valence-corrected chi connectivity index (χ4v) is 6.82. The molecule has 43 heavy (non-hydrogen) atoms. The van der Waals surface area contributed by atoms with Crippen LogP contribution in [-0.4, -0.2) is 90.7 Å². The number of piperazine rings is 1. The number of likely N-dealkylation sites (tertiary alicyclic amines) is 1. The molecule has 4 heterocycles. The molecule has 2 aromatic carbocycles. The first-order valence-corrected chi connectivity index (χ1v) is 15.0. The van der Waals surface area contributed by atoms with Crippen LogP contribution in [-0.2, 0) is 17.8 Å². The first-order valence-electron chi connectivity index (χ1n) is 14.6. The number of rotatable bonds is 7. The van der Waals surface area contributed by atoms with Crippen LogP contribution in [0.15, 0.2) is 49.1 Å². The van der Waals surface area contributed by atoms with E-state index in [0.717, 1.165) is 64.5 Å². The van der Waals surface area contributed by atoms with Crippen molar-refractivity contribution in [1.29, 1.82) is 0 Å². The van der Waals surface area contributed by atoms with E-state index in [1.54, 1.807) is 4.90 Å². The zero-order chi connectivity index (χ0) is 29.2. The highest BCUT2D eigenvalue weighted by atomic mass is 35.5. The molecule has 1 aromatic heterocycles. The second-order valence-electron chi connectivity index (χ2n) is 11.3. The molecule has 3 aliphatic rings. The molecule has 2 atom stereocenters. The van der Waals surface area contributed by atoms with Gasteiger partial charge in [0.15, 0.2) is 0 Å². The fraction of sp³-hybridized carbons (Fsp3) is 0.438. The Morgan fingerprint density at radius 2 is 1.95 bits per heavy atom. The van der Waals surface area contributed by atoms with E-state index in [0.29, 0.717) is 44.8 Å². The van der Waals surface area contributed by atoms with E-state index < -0.39 is 0 Å². The molecule has 0 aliphatic carbocycles. The van der Waals surface area contributed by atoms with Crippen LogP contribution >= 0.6 is 25.1 Å². The lowest BCUT2D eigenvalue weighted by Gasteiger charge is -2.41. The number of carbonyl (C=O) groups is 1. The van der Waals surface area contributed by atoms with E-state index in [-0.39, 0.29) is 32.0 Å². The Bertz CT molecular complexity index is 1540. The van der Waals surface area contributed by atoms with Crippen molar-refractivity contribution in [3.63, 3.8) is 0 Å². The number of hydrogen-bond donors (Lipinski definition) is 0. The summed E-state index contributed by atoms with van der Waals surface area (Å²) in [5.41, 5.74) is 3.14. The largest absolute Gasteiger partial charge is 0.462 e. The van der Waals surface area contributed by atoms with Gasteiger partial charge in [-0.15, -0.1) is 0 Å². The Kier molecular flexibility index (Phi) is 9.65. The lowest BCUT2D eigenvalue weighted by atomic mass is 10.0. The third-order valence-corrected chi connectivity index (χ3v) is 9.13. The molecule has 0 spiro atoms. The van der Waals surface area contributed by atoms with Crippen molar-refractivity contribution in [1.82, 2.24) is 19.8 Å². The molecule has 1 amide bonds. The first kappa shape index (κ1) is 30.9. The number of nitrogens with zero attached hydrogens (tertiary/aromatic N) is 7. The summed E-state index contributed by atoms with van der Waals surface area (Å²) in [7, 11) is 2.13. The molecule has 6 rings (SSSR count). The van der Waals surface area contributed by atoms with E-state index >= 15 is 0 Å². The van der Waals surface area contributed by atoms with Gasteiger partial charge >= 0.3 is 6.01 Å². The standard InChI is InChI=1S/C32H36ClN7O2.H2S/c1-4-29(41)40-17-16-39(19-24(40)18-34-2)31-25-13-15-38(28-12-6-9-22-8-5-11-26(33)30(22)28)20-27(25)35-32(36-31)42-21-23-10-7-14-37(23)3;/h4-6,8-9,11-12,23-24H,1,7,10,13-21H2,3H3;1H2/t23-,24?;/m0./s1. The van der Waals surface area contributed by atoms with Gasteiger partial charge in [-0.05, 0) is 56.4 Å². The molecule has 226 valence electrons. The Balaban J connectivity index is 0.00000368. The van der Waals surface area contributed by atoms with Crippen molar-refractivity contribution in [3.8, 4) is 6.01 Å². The summed E-state index contributed by atoms with van der Waals surface area (Å²) in [5, 5.41) is 2.89. The Morgan fingerprint density at radius 3 is 2.70 bits per heavy atom. The summed E-state index contributed by atoms with van der Waals surface area (Å²) in [6.07, 6.45) is 4.36. The van der Waals surface area contributed by atoms with Crippen LogP contribution in [0.2, 0.25) is 5.02 Å². The highest BCUT2D eigenvalue weighted by Crippen LogP contribution is 2.37. The molecule has 11 heteroatoms. The lowest BCUT2D eigenvalue weighted by molar-refractivity contribution is -0.128. The lowest BCUT2D eigenvalue weighted by Crippen LogP contribution is -2.56. The zero-order valence-corrected chi connectivity index (χ0v) is 26.3. The molecule has 3 aliphatic heterocycles. The number of amides is 1. The van der Waals surface area contributed by atoms with Gasteiger partial charge < -0.3 is 29.2 Å². The minimum atomic E-state index is -0.234. The van der Waals surface area contributed by atoms with Gasteiger partial charge in [-0.1, -0.05) is 42.4 Å². The average molecular weight is 620 g/mol. The van der Waals surface area contributed by atoms with Gasteiger partial charge in [0, 0.05) is 48.9 Å². The number of hydrogen-bond acceptors (Lipinski definition) is 7. The van der Waals surface area contributed by atoms with Crippen LogP contribution in [0.25, 0.3) is 15.6 Å². The highest BCUT2D eigenvalue weighted by molar-refractivity contribution is 7.59. The van der Waals surface area contributed by atoms with Gasteiger partial charge in [-0.2, -0.15) is 23.5 Å². The van der Waals surface area contributed by atoms with Gasteiger partial charge in [0.2, 0.25) is 12.5 Å². The van der Waals surface area contributed by atoms with Gasteiger partial charge in [-0.25, -0.2) is 6.57 Å². The van der Waals surface area contributed by atoms with Crippen molar-refractivity contribution < 1.29 is 9.53 Å². The smallest absolute Gasteiger partial charge is 0.318 e. The minimum absolute atomic E-state index is 0. The van der Waals surface area contributed by atoms with Crippen molar-refractivity contribution in [2.75, 3.05) is 62.7 Å². The van der Waals surface area contributed by atoms with E-state index in [4.69, 9.17) is 32.9 Å². The molecule has 0 bridgehead atoms. The number of likely N-dealkylation sites (N-methyl/N-ethyl adjacent to an activating group) is 1. The van der Waals surface area contributed by atoms with Gasteiger partial charge in [0.1, 0.15) is 18.5 Å². The van der Waals surface area contributed by atoms with Gasteiger partial charge in [0.25, 0.3) is 0 Å². The third kappa shape index (κ3) is 6.26. The average Bonchev–Trinajstić information content (AvgIpc) is 3.43. The third-order valence-electron chi connectivity index (χ3n) is 8.81. The Hall–Kier alpha value is -3.52. The molecule has 9 nitrogen and oxygen atoms in total. The summed E-state index contributed by atoms with van der Waals surface area (Å²) in [6, 6.07) is 12.8. The molecule has 2 fully saturated rings. The molecule has 1 unspecified atom stereocenters. The van der Waals surface area contributed by atoms with Gasteiger partial charge in [-0.3, -0.25) is 4.79 Å². The number of fused-ring (bicyclic) bond motifs is 2. The second kappa shape index (κ2) is 13.4.